The van der Waals surface area contributed by atoms with Crippen molar-refractivity contribution in [3.63, 3.8) is 0 Å². The molecule has 0 spiro atoms. The Hall–Kier alpha value is -1.54. The normalized spacial score (nSPS) is 10.5. The summed E-state index contributed by atoms with van der Waals surface area (Å²) in [5, 5.41) is 9.08. The summed E-state index contributed by atoms with van der Waals surface area (Å²) in [6, 6.07) is 12.3. The Balaban J connectivity index is 2.21. The van der Waals surface area contributed by atoms with Gasteiger partial charge in [0.25, 0.3) is 0 Å². The molecular formula is C13H15NO. The summed E-state index contributed by atoms with van der Waals surface area (Å²) in [6.07, 6.45) is 2.02. The van der Waals surface area contributed by atoms with Crippen molar-refractivity contribution in [3.8, 4) is 0 Å². The van der Waals surface area contributed by atoms with Crippen molar-refractivity contribution in [2.75, 3.05) is 0 Å². The lowest BCUT2D eigenvalue weighted by atomic mass is 10.2. The summed E-state index contributed by atoms with van der Waals surface area (Å²) in [5.41, 5.74) is 3.42. The lowest BCUT2D eigenvalue weighted by molar-refractivity contribution is 0.281. The molecule has 1 heterocycles. The molecule has 0 radical (unpaired) electrons. The lowest BCUT2D eigenvalue weighted by Gasteiger charge is -2.06. The summed E-state index contributed by atoms with van der Waals surface area (Å²) in [4.78, 5) is 0. The van der Waals surface area contributed by atoms with Crippen LogP contribution in [-0.4, -0.2) is 9.67 Å². The number of nitrogens with zero attached hydrogens (tertiary/aromatic N) is 1. The molecule has 0 atom stereocenters. The minimum atomic E-state index is 0.119. The second-order valence-electron chi connectivity index (χ2n) is 3.70. The molecule has 0 amide bonds. The third-order valence-corrected chi connectivity index (χ3v) is 2.72. The zero-order valence-corrected chi connectivity index (χ0v) is 8.85. The van der Waals surface area contributed by atoms with Crippen LogP contribution in [0.3, 0.4) is 0 Å². The van der Waals surface area contributed by atoms with E-state index in [1.807, 2.05) is 37.4 Å². The first-order valence-electron chi connectivity index (χ1n) is 5.10. The van der Waals surface area contributed by atoms with Crippen LogP contribution in [0.4, 0.5) is 0 Å². The van der Waals surface area contributed by atoms with Gasteiger partial charge < -0.3 is 9.67 Å². The standard InChI is InChI=1S/C13H15NO/c1-11-13(10-15)7-8-14(11)9-12-5-3-2-4-6-12/h2-8,15H,9-10H2,1H3. The van der Waals surface area contributed by atoms with E-state index in [2.05, 4.69) is 16.7 Å². The SMILES string of the molecule is Cc1c(CO)ccn1Cc1ccccc1. The van der Waals surface area contributed by atoms with Gasteiger partial charge in [-0.3, -0.25) is 0 Å². The van der Waals surface area contributed by atoms with Gasteiger partial charge in [0.1, 0.15) is 0 Å². The van der Waals surface area contributed by atoms with Gasteiger partial charge in [0.05, 0.1) is 6.61 Å². The van der Waals surface area contributed by atoms with E-state index in [0.29, 0.717) is 0 Å². The van der Waals surface area contributed by atoms with Crippen LogP contribution in [0.1, 0.15) is 16.8 Å². The van der Waals surface area contributed by atoms with Gasteiger partial charge in [0.15, 0.2) is 0 Å². The maximum atomic E-state index is 9.08. The van der Waals surface area contributed by atoms with Crippen LogP contribution in [0.2, 0.25) is 0 Å². The molecule has 1 aromatic heterocycles. The predicted octanol–water partition coefficient (Wildman–Crippen LogP) is 2.34. The van der Waals surface area contributed by atoms with Crippen molar-refractivity contribution >= 4 is 0 Å². The Morgan fingerprint density at radius 2 is 1.87 bits per heavy atom. The summed E-state index contributed by atoms with van der Waals surface area (Å²) in [5.74, 6) is 0. The average Bonchev–Trinajstić information content (AvgIpc) is 2.62. The van der Waals surface area contributed by atoms with Crippen molar-refractivity contribution in [1.29, 1.82) is 0 Å². The van der Waals surface area contributed by atoms with E-state index in [1.165, 1.54) is 5.56 Å². The van der Waals surface area contributed by atoms with Gasteiger partial charge in [-0.15, -0.1) is 0 Å². The molecule has 0 fully saturated rings. The highest BCUT2D eigenvalue weighted by atomic mass is 16.3. The molecule has 1 aromatic carbocycles. The quantitative estimate of drug-likeness (QED) is 0.810. The van der Waals surface area contributed by atoms with Crippen molar-refractivity contribution in [3.05, 3.63) is 59.4 Å². The van der Waals surface area contributed by atoms with Gasteiger partial charge in [-0.1, -0.05) is 30.3 Å². The van der Waals surface area contributed by atoms with E-state index in [-0.39, 0.29) is 6.61 Å². The molecule has 0 aliphatic carbocycles. The highest BCUT2D eigenvalue weighted by molar-refractivity contribution is 5.23. The van der Waals surface area contributed by atoms with Crippen LogP contribution >= 0.6 is 0 Å². The van der Waals surface area contributed by atoms with Gasteiger partial charge in [-0.2, -0.15) is 0 Å². The van der Waals surface area contributed by atoms with Crippen molar-refractivity contribution < 1.29 is 5.11 Å². The van der Waals surface area contributed by atoms with Crippen LogP contribution in [0, 0.1) is 6.92 Å². The highest BCUT2D eigenvalue weighted by Gasteiger charge is 2.03. The van der Waals surface area contributed by atoms with Gasteiger partial charge in [0.2, 0.25) is 0 Å². The number of aliphatic hydroxyl groups excluding tert-OH is 1. The molecule has 2 rings (SSSR count). The molecule has 15 heavy (non-hydrogen) atoms. The molecule has 2 aromatic rings. The highest BCUT2D eigenvalue weighted by Crippen LogP contribution is 2.12. The van der Waals surface area contributed by atoms with E-state index in [0.717, 1.165) is 17.8 Å². The first kappa shape index (κ1) is 9.99. The Kier molecular flexibility index (Phi) is 2.88. The Morgan fingerprint density at radius 1 is 1.13 bits per heavy atom. The summed E-state index contributed by atoms with van der Waals surface area (Å²) >= 11 is 0. The maximum absolute atomic E-state index is 9.08. The monoisotopic (exact) mass is 201 g/mol. The second kappa shape index (κ2) is 4.32. The van der Waals surface area contributed by atoms with Crippen LogP contribution in [0.5, 0.6) is 0 Å². The van der Waals surface area contributed by atoms with Crippen molar-refractivity contribution in [1.82, 2.24) is 4.57 Å². The van der Waals surface area contributed by atoms with Gasteiger partial charge >= 0.3 is 0 Å². The molecule has 2 nitrogen and oxygen atoms in total. The fraction of sp³-hybridized carbons (Fsp3) is 0.231. The summed E-state index contributed by atoms with van der Waals surface area (Å²) in [7, 11) is 0. The summed E-state index contributed by atoms with van der Waals surface area (Å²) < 4.78 is 2.15. The van der Waals surface area contributed by atoms with E-state index in [9.17, 15) is 0 Å². The van der Waals surface area contributed by atoms with Gasteiger partial charge in [-0.25, -0.2) is 0 Å². The van der Waals surface area contributed by atoms with Crippen molar-refractivity contribution in [2.45, 2.75) is 20.1 Å². The molecule has 0 aliphatic heterocycles. The molecule has 1 N–H and O–H groups in total. The first-order valence-corrected chi connectivity index (χ1v) is 5.10. The number of aliphatic hydroxyl groups is 1. The Morgan fingerprint density at radius 3 is 2.47 bits per heavy atom. The molecule has 0 saturated heterocycles. The number of hydrogen-bond donors (Lipinski definition) is 1. The fourth-order valence-corrected chi connectivity index (χ4v) is 1.72. The number of rotatable bonds is 3. The average molecular weight is 201 g/mol. The minimum absolute atomic E-state index is 0.119. The Labute approximate surface area is 89.8 Å². The topological polar surface area (TPSA) is 25.2 Å². The minimum Gasteiger partial charge on any atom is -0.392 e. The lowest BCUT2D eigenvalue weighted by Crippen LogP contribution is -2.01. The number of aromatic nitrogens is 1. The van der Waals surface area contributed by atoms with Crippen LogP contribution in [0.15, 0.2) is 42.6 Å². The smallest absolute Gasteiger partial charge is 0.0699 e. The van der Waals surface area contributed by atoms with E-state index >= 15 is 0 Å². The molecule has 0 bridgehead atoms. The summed E-state index contributed by atoms with van der Waals surface area (Å²) in [6.45, 7) is 3.02. The molecule has 78 valence electrons. The first-order chi connectivity index (χ1) is 7.31. The fourth-order valence-electron chi connectivity index (χ4n) is 1.72. The zero-order valence-electron chi connectivity index (χ0n) is 8.85. The van der Waals surface area contributed by atoms with Crippen LogP contribution < -0.4 is 0 Å². The van der Waals surface area contributed by atoms with Gasteiger partial charge in [-0.05, 0) is 24.1 Å². The van der Waals surface area contributed by atoms with E-state index in [1.54, 1.807) is 0 Å². The van der Waals surface area contributed by atoms with Gasteiger partial charge in [0, 0.05) is 18.4 Å². The second-order valence-corrected chi connectivity index (χ2v) is 3.70. The molecule has 0 saturated carbocycles. The Bertz CT molecular complexity index is 431. The van der Waals surface area contributed by atoms with Crippen LogP contribution in [0.25, 0.3) is 0 Å². The molecule has 0 unspecified atom stereocenters. The van der Waals surface area contributed by atoms with Crippen LogP contribution in [-0.2, 0) is 13.2 Å². The van der Waals surface area contributed by atoms with E-state index in [4.69, 9.17) is 5.11 Å². The zero-order chi connectivity index (χ0) is 10.7. The largest absolute Gasteiger partial charge is 0.392 e. The maximum Gasteiger partial charge on any atom is 0.0699 e. The molecular weight excluding hydrogens is 186 g/mol. The third kappa shape index (κ3) is 2.10. The third-order valence-electron chi connectivity index (χ3n) is 2.72. The molecule has 2 heteroatoms. The number of hydrogen-bond acceptors (Lipinski definition) is 1. The molecule has 0 aliphatic rings. The van der Waals surface area contributed by atoms with E-state index < -0.39 is 0 Å². The predicted molar refractivity (Wildman–Crippen MR) is 60.6 cm³/mol. The number of benzene rings is 1. The van der Waals surface area contributed by atoms with Crippen molar-refractivity contribution in [2.24, 2.45) is 0 Å².